The number of nitrogens with zero attached hydrogens (tertiary/aromatic N) is 1. The number of hydrogen-bond donors (Lipinski definition) is 1. The van der Waals surface area contributed by atoms with Gasteiger partial charge in [-0.05, 0) is 19.4 Å². The highest BCUT2D eigenvalue weighted by atomic mass is 16.2. The first-order valence-electron chi connectivity index (χ1n) is 5.03. The number of carbonyl (C=O) groups is 1. The van der Waals surface area contributed by atoms with Crippen LogP contribution in [-0.4, -0.2) is 36.5 Å². The summed E-state index contributed by atoms with van der Waals surface area (Å²) in [6, 6.07) is 0.0351. The lowest BCUT2D eigenvalue weighted by molar-refractivity contribution is -0.125. The first-order valence-corrected chi connectivity index (χ1v) is 5.03. The van der Waals surface area contributed by atoms with E-state index in [-0.39, 0.29) is 11.9 Å². The summed E-state index contributed by atoms with van der Waals surface area (Å²) < 4.78 is 0. The van der Waals surface area contributed by atoms with Crippen molar-refractivity contribution in [2.24, 2.45) is 0 Å². The maximum Gasteiger partial charge on any atom is 0.237 e. The van der Waals surface area contributed by atoms with Gasteiger partial charge in [-0.3, -0.25) is 9.69 Å². The number of rotatable bonds is 5. The number of amides is 1. The van der Waals surface area contributed by atoms with E-state index >= 15 is 0 Å². The van der Waals surface area contributed by atoms with Crippen LogP contribution in [0, 0.1) is 0 Å². The zero-order valence-electron chi connectivity index (χ0n) is 8.54. The molecule has 0 spiro atoms. The second-order valence-electron chi connectivity index (χ2n) is 3.48. The maximum atomic E-state index is 11.7. The zero-order chi connectivity index (χ0) is 10.4. The van der Waals surface area contributed by atoms with E-state index in [9.17, 15) is 4.79 Å². The Morgan fingerprint density at radius 2 is 2.29 bits per heavy atom. The topological polar surface area (TPSA) is 32.3 Å². The summed E-state index contributed by atoms with van der Waals surface area (Å²) in [6.45, 7) is 9.61. The predicted molar refractivity (Wildman–Crippen MR) is 58.0 cm³/mol. The highest BCUT2D eigenvalue weighted by molar-refractivity contribution is 5.82. The van der Waals surface area contributed by atoms with Crippen LogP contribution in [0.5, 0.6) is 0 Å². The Labute approximate surface area is 85.5 Å². The van der Waals surface area contributed by atoms with E-state index in [1.54, 1.807) is 6.08 Å². The molecule has 0 aliphatic carbocycles. The Balaban J connectivity index is 2.44. The average molecular weight is 194 g/mol. The maximum absolute atomic E-state index is 11.7. The van der Waals surface area contributed by atoms with Crippen LogP contribution in [0.1, 0.15) is 12.8 Å². The zero-order valence-corrected chi connectivity index (χ0v) is 8.54. The Hall–Kier alpha value is -1.09. The molecule has 0 saturated carbocycles. The molecule has 0 aromatic carbocycles. The minimum atomic E-state index is 0.0351. The smallest absolute Gasteiger partial charge is 0.237 e. The second kappa shape index (κ2) is 5.60. The molecule has 1 N–H and O–H groups in total. The van der Waals surface area contributed by atoms with Gasteiger partial charge in [-0.2, -0.15) is 0 Å². The molecular formula is C11H18N2O. The molecule has 3 heteroatoms. The van der Waals surface area contributed by atoms with Crippen molar-refractivity contribution in [3.05, 3.63) is 25.3 Å². The first-order chi connectivity index (χ1) is 6.79. The van der Waals surface area contributed by atoms with E-state index in [0.717, 1.165) is 25.9 Å². The van der Waals surface area contributed by atoms with Crippen LogP contribution in [0.2, 0.25) is 0 Å². The minimum Gasteiger partial charge on any atom is -0.351 e. The summed E-state index contributed by atoms with van der Waals surface area (Å²) in [5.74, 6) is 0.115. The fraction of sp³-hybridized carbons (Fsp3) is 0.545. The van der Waals surface area contributed by atoms with Crippen molar-refractivity contribution in [3.63, 3.8) is 0 Å². The fourth-order valence-electron chi connectivity index (χ4n) is 1.80. The molecule has 1 aliphatic heterocycles. The molecule has 78 valence electrons. The quantitative estimate of drug-likeness (QED) is 0.661. The molecule has 1 rings (SSSR count). The highest BCUT2D eigenvalue weighted by Gasteiger charge is 2.28. The minimum absolute atomic E-state index is 0.0351. The van der Waals surface area contributed by atoms with Gasteiger partial charge < -0.3 is 5.32 Å². The fourth-order valence-corrected chi connectivity index (χ4v) is 1.80. The summed E-state index contributed by atoms with van der Waals surface area (Å²) in [7, 11) is 0. The molecule has 1 heterocycles. The molecule has 0 bridgehead atoms. The van der Waals surface area contributed by atoms with Gasteiger partial charge in [0, 0.05) is 13.1 Å². The van der Waals surface area contributed by atoms with Gasteiger partial charge in [0.25, 0.3) is 0 Å². The molecule has 1 atom stereocenters. The molecule has 1 aliphatic rings. The Kier molecular flexibility index (Phi) is 4.40. The average Bonchev–Trinajstić information content (AvgIpc) is 2.63. The van der Waals surface area contributed by atoms with Crippen LogP contribution >= 0.6 is 0 Å². The summed E-state index contributed by atoms with van der Waals surface area (Å²) in [4.78, 5) is 13.8. The molecule has 1 unspecified atom stereocenters. The van der Waals surface area contributed by atoms with Crippen molar-refractivity contribution in [1.29, 1.82) is 0 Å². The Morgan fingerprint density at radius 1 is 1.50 bits per heavy atom. The van der Waals surface area contributed by atoms with E-state index in [2.05, 4.69) is 23.4 Å². The van der Waals surface area contributed by atoms with Crippen molar-refractivity contribution >= 4 is 5.91 Å². The number of hydrogen-bond acceptors (Lipinski definition) is 2. The van der Waals surface area contributed by atoms with E-state index in [1.807, 2.05) is 6.08 Å². The standard InChI is InChI=1S/C11H18N2O/c1-3-7-12-11(14)10-6-5-9-13(10)8-4-2/h3-4,10H,1-2,5-9H2,(H,12,14). The van der Waals surface area contributed by atoms with Crippen LogP contribution in [0.15, 0.2) is 25.3 Å². The highest BCUT2D eigenvalue weighted by Crippen LogP contribution is 2.16. The molecule has 0 aromatic rings. The van der Waals surface area contributed by atoms with Crippen molar-refractivity contribution in [2.45, 2.75) is 18.9 Å². The van der Waals surface area contributed by atoms with Crippen LogP contribution in [0.3, 0.4) is 0 Å². The van der Waals surface area contributed by atoms with E-state index in [1.165, 1.54) is 0 Å². The molecule has 0 radical (unpaired) electrons. The molecule has 3 nitrogen and oxygen atoms in total. The molecular weight excluding hydrogens is 176 g/mol. The summed E-state index contributed by atoms with van der Waals surface area (Å²) in [5, 5.41) is 2.83. The van der Waals surface area contributed by atoms with Gasteiger partial charge in [0.1, 0.15) is 0 Å². The van der Waals surface area contributed by atoms with Gasteiger partial charge in [0.15, 0.2) is 0 Å². The van der Waals surface area contributed by atoms with E-state index < -0.39 is 0 Å². The van der Waals surface area contributed by atoms with Gasteiger partial charge in [-0.1, -0.05) is 12.2 Å². The normalized spacial score (nSPS) is 21.9. The van der Waals surface area contributed by atoms with E-state index in [4.69, 9.17) is 0 Å². The Morgan fingerprint density at radius 3 is 2.93 bits per heavy atom. The SMILES string of the molecule is C=CCNC(=O)C1CCCN1CC=C. The third-order valence-electron chi connectivity index (χ3n) is 2.45. The lowest BCUT2D eigenvalue weighted by atomic mass is 10.2. The lowest BCUT2D eigenvalue weighted by Crippen LogP contribution is -2.43. The van der Waals surface area contributed by atoms with E-state index in [0.29, 0.717) is 6.54 Å². The van der Waals surface area contributed by atoms with Gasteiger partial charge in [0.05, 0.1) is 6.04 Å². The van der Waals surface area contributed by atoms with Crippen molar-refractivity contribution in [1.82, 2.24) is 10.2 Å². The largest absolute Gasteiger partial charge is 0.351 e. The first kappa shape index (κ1) is 11.0. The van der Waals surface area contributed by atoms with Gasteiger partial charge in [0.2, 0.25) is 5.91 Å². The Bertz CT molecular complexity index is 225. The monoisotopic (exact) mass is 194 g/mol. The summed E-state index contributed by atoms with van der Waals surface area (Å²) >= 11 is 0. The second-order valence-corrected chi connectivity index (χ2v) is 3.48. The van der Waals surface area contributed by atoms with Crippen LogP contribution in [0.25, 0.3) is 0 Å². The molecule has 1 fully saturated rings. The lowest BCUT2D eigenvalue weighted by Gasteiger charge is -2.21. The molecule has 14 heavy (non-hydrogen) atoms. The van der Waals surface area contributed by atoms with Gasteiger partial charge >= 0.3 is 0 Å². The third-order valence-corrected chi connectivity index (χ3v) is 2.45. The van der Waals surface area contributed by atoms with Crippen molar-refractivity contribution in [2.75, 3.05) is 19.6 Å². The molecule has 0 aromatic heterocycles. The molecule has 1 amide bonds. The van der Waals surface area contributed by atoms with Crippen molar-refractivity contribution < 1.29 is 4.79 Å². The van der Waals surface area contributed by atoms with Gasteiger partial charge in [-0.25, -0.2) is 0 Å². The van der Waals surface area contributed by atoms with Crippen LogP contribution in [0.4, 0.5) is 0 Å². The third kappa shape index (κ3) is 2.70. The van der Waals surface area contributed by atoms with Crippen LogP contribution in [-0.2, 0) is 4.79 Å². The molecule has 1 saturated heterocycles. The van der Waals surface area contributed by atoms with Crippen molar-refractivity contribution in [3.8, 4) is 0 Å². The predicted octanol–water partition coefficient (Wildman–Crippen LogP) is 0.939. The summed E-state index contributed by atoms with van der Waals surface area (Å²) in [5.41, 5.74) is 0. The number of likely N-dealkylation sites (tertiary alicyclic amines) is 1. The van der Waals surface area contributed by atoms with Gasteiger partial charge in [-0.15, -0.1) is 13.2 Å². The van der Waals surface area contributed by atoms with Crippen LogP contribution < -0.4 is 5.32 Å². The summed E-state index contributed by atoms with van der Waals surface area (Å²) in [6.07, 6.45) is 5.60. The number of carbonyl (C=O) groups excluding carboxylic acids is 1. The number of nitrogens with one attached hydrogen (secondary N) is 1.